The number of esters is 2. The van der Waals surface area contributed by atoms with E-state index >= 15 is 0 Å². The van der Waals surface area contributed by atoms with E-state index < -0.39 is 28.1 Å². The second-order valence-electron chi connectivity index (χ2n) is 4.72. The van der Waals surface area contributed by atoms with Gasteiger partial charge in [-0.3, -0.25) is 0 Å². The average Bonchev–Trinajstić information content (AvgIpc) is 2.52. The number of nitrogens with zero attached hydrogens (tertiary/aromatic N) is 1. The van der Waals surface area contributed by atoms with Crippen molar-refractivity contribution in [2.75, 3.05) is 28.3 Å². The predicted octanol–water partition coefficient (Wildman–Crippen LogP) is 0.664. The van der Waals surface area contributed by atoms with E-state index in [4.69, 9.17) is 9.47 Å². The highest BCUT2D eigenvalue weighted by Gasteiger charge is 2.25. The van der Waals surface area contributed by atoms with Crippen molar-refractivity contribution in [2.45, 2.75) is 17.9 Å². The molecule has 0 saturated heterocycles. The summed E-state index contributed by atoms with van der Waals surface area (Å²) < 4.78 is 40.0. The van der Waals surface area contributed by atoms with Gasteiger partial charge in [-0.2, -0.15) is 0 Å². The largest absolute Gasteiger partial charge is 0.495 e. The van der Waals surface area contributed by atoms with Gasteiger partial charge in [0, 0.05) is 14.1 Å². The Kier molecular flexibility index (Phi) is 6.11. The van der Waals surface area contributed by atoms with Crippen molar-refractivity contribution in [2.24, 2.45) is 0 Å². The Labute approximate surface area is 135 Å². The Hall–Kier alpha value is -2.13. The molecule has 23 heavy (non-hydrogen) atoms. The molecule has 128 valence electrons. The van der Waals surface area contributed by atoms with E-state index in [1.165, 1.54) is 47.4 Å². The van der Waals surface area contributed by atoms with Crippen LogP contribution in [0.4, 0.5) is 0 Å². The fraction of sp³-hybridized carbons (Fsp3) is 0.429. The molecule has 0 amide bonds. The maximum atomic E-state index is 12.3. The van der Waals surface area contributed by atoms with E-state index in [1.807, 2.05) is 0 Å². The number of hydrogen-bond acceptors (Lipinski definition) is 7. The lowest BCUT2D eigenvalue weighted by Crippen LogP contribution is -2.26. The third-order valence-electron chi connectivity index (χ3n) is 2.97. The third-order valence-corrected chi connectivity index (χ3v) is 4.81. The van der Waals surface area contributed by atoms with Crippen molar-refractivity contribution in [3.05, 3.63) is 23.8 Å². The van der Waals surface area contributed by atoms with Crippen molar-refractivity contribution in [1.29, 1.82) is 0 Å². The summed E-state index contributed by atoms with van der Waals surface area (Å²) >= 11 is 0. The lowest BCUT2D eigenvalue weighted by atomic mass is 10.2. The first-order chi connectivity index (χ1) is 10.6. The number of benzene rings is 1. The Balaban J connectivity index is 3.21. The monoisotopic (exact) mass is 345 g/mol. The van der Waals surface area contributed by atoms with E-state index in [1.54, 1.807) is 0 Å². The SMILES string of the molecule is COC(=O)[C@H](C)OC(=O)c1ccc(OC)c(S(=O)(=O)N(C)C)c1. The molecule has 0 aromatic heterocycles. The van der Waals surface area contributed by atoms with Gasteiger partial charge in [-0.1, -0.05) is 0 Å². The highest BCUT2D eigenvalue weighted by molar-refractivity contribution is 7.89. The Morgan fingerprint density at radius 3 is 2.26 bits per heavy atom. The zero-order valence-corrected chi connectivity index (χ0v) is 14.3. The minimum absolute atomic E-state index is 0.0259. The van der Waals surface area contributed by atoms with Crippen LogP contribution in [0.25, 0.3) is 0 Å². The Morgan fingerprint density at radius 1 is 1.17 bits per heavy atom. The van der Waals surface area contributed by atoms with Crippen LogP contribution in [-0.2, 0) is 24.3 Å². The van der Waals surface area contributed by atoms with Crippen LogP contribution in [0, 0.1) is 0 Å². The first-order valence-electron chi connectivity index (χ1n) is 6.54. The van der Waals surface area contributed by atoms with Crippen LogP contribution in [0.5, 0.6) is 5.75 Å². The fourth-order valence-corrected chi connectivity index (χ4v) is 2.72. The zero-order chi connectivity index (χ0) is 17.8. The molecule has 9 heteroatoms. The molecule has 0 N–H and O–H groups in total. The molecule has 1 atom stereocenters. The van der Waals surface area contributed by atoms with Gasteiger partial charge in [0.25, 0.3) is 0 Å². The average molecular weight is 345 g/mol. The van der Waals surface area contributed by atoms with Gasteiger partial charge >= 0.3 is 11.9 Å². The van der Waals surface area contributed by atoms with Crippen LogP contribution < -0.4 is 4.74 Å². The fourth-order valence-electron chi connectivity index (χ4n) is 1.64. The molecule has 0 radical (unpaired) electrons. The van der Waals surface area contributed by atoms with Gasteiger partial charge in [0.2, 0.25) is 10.0 Å². The number of hydrogen-bond donors (Lipinski definition) is 0. The number of rotatable bonds is 6. The predicted molar refractivity (Wildman–Crippen MR) is 80.8 cm³/mol. The van der Waals surface area contributed by atoms with Crippen LogP contribution in [0.2, 0.25) is 0 Å². The van der Waals surface area contributed by atoms with Crippen LogP contribution in [0.1, 0.15) is 17.3 Å². The molecule has 0 heterocycles. The summed E-state index contributed by atoms with van der Waals surface area (Å²) in [6, 6.07) is 3.83. The molecular weight excluding hydrogens is 326 g/mol. The molecule has 1 aromatic carbocycles. The Bertz CT molecular complexity index is 697. The molecule has 8 nitrogen and oxygen atoms in total. The summed E-state index contributed by atoms with van der Waals surface area (Å²) in [5.74, 6) is -1.47. The van der Waals surface area contributed by atoms with Gasteiger partial charge in [0.05, 0.1) is 19.8 Å². The molecule has 0 spiro atoms. The molecule has 0 aliphatic heterocycles. The first kappa shape index (κ1) is 18.9. The first-order valence-corrected chi connectivity index (χ1v) is 7.98. The highest BCUT2D eigenvalue weighted by atomic mass is 32.2. The number of carbonyl (C=O) groups excluding carboxylic acids is 2. The van der Waals surface area contributed by atoms with Crippen molar-refractivity contribution in [3.8, 4) is 5.75 Å². The van der Waals surface area contributed by atoms with Gasteiger partial charge in [-0.05, 0) is 25.1 Å². The van der Waals surface area contributed by atoms with E-state index in [0.29, 0.717) is 0 Å². The molecule has 0 bridgehead atoms. The van der Waals surface area contributed by atoms with Gasteiger partial charge in [0.15, 0.2) is 6.10 Å². The maximum absolute atomic E-state index is 12.3. The standard InChI is InChI=1S/C14H19NO7S/c1-9(13(16)21-5)22-14(17)10-6-7-11(20-4)12(8-10)23(18,19)15(2)3/h6-9H,1-5H3/t9-/m0/s1. The maximum Gasteiger partial charge on any atom is 0.346 e. The molecule has 0 fully saturated rings. The lowest BCUT2D eigenvalue weighted by molar-refractivity contribution is -0.149. The minimum Gasteiger partial charge on any atom is -0.495 e. The smallest absolute Gasteiger partial charge is 0.346 e. The molecule has 0 unspecified atom stereocenters. The van der Waals surface area contributed by atoms with Crippen LogP contribution in [0.15, 0.2) is 23.1 Å². The van der Waals surface area contributed by atoms with E-state index in [9.17, 15) is 18.0 Å². The van der Waals surface area contributed by atoms with E-state index in [2.05, 4.69) is 4.74 Å². The molecule has 0 aliphatic rings. The summed E-state index contributed by atoms with van der Waals surface area (Å²) in [6.07, 6.45) is -1.11. The van der Waals surface area contributed by atoms with Crippen LogP contribution in [0.3, 0.4) is 0 Å². The van der Waals surface area contributed by atoms with Gasteiger partial charge in [-0.25, -0.2) is 22.3 Å². The molecule has 1 aromatic rings. The number of carbonyl (C=O) groups is 2. The number of methoxy groups -OCH3 is 2. The zero-order valence-electron chi connectivity index (χ0n) is 13.5. The van der Waals surface area contributed by atoms with Crippen LogP contribution >= 0.6 is 0 Å². The Morgan fingerprint density at radius 2 is 1.78 bits per heavy atom. The van der Waals surface area contributed by atoms with Crippen molar-refractivity contribution in [1.82, 2.24) is 4.31 Å². The summed E-state index contributed by atoms with van der Waals surface area (Å²) in [7, 11) is 1.39. The third kappa shape index (κ3) is 4.20. The molecule has 0 aliphatic carbocycles. The number of ether oxygens (including phenoxy) is 3. The molecular formula is C14H19NO7S. The van der Waals surface area contributed by atoms with E-state index in [0.717, 1.165) is 10.4 Å². The summed E-state index contributed by atoms with van der Waals surface area (Å²) in [4.78, 5) is 23.1. The van der Waals surface area contributed by atoms with Crippen LogP contribution in [-0.4, -0.2) is 59.1 Å². The highest BCUT2D eigenvalue weighted by Crippen LogP contribution is 2.27. The quantitative estimate of drug-likeness (QED) is 0.698. The van der Waals surface area contributed by atoms with Gasteiger partial charge in [-0.15, -0.1) is 0 Å². The van der Waals surface area contributed by atoms with Crippen molar-refractivity contribution >= 4 is 22.0 Å². The summed E-state index contributed by atoms with van der Waals surface area (Å²) in [6.45, 7) is 1.35. The van der Waals surface area contributed by atoms with E-state index in [-0.39, 0.29) is 16.2 Å². The summed E-state index contributed by atoms with van der Waals surface area (Å²) in [5.41, 5.74) is -0.0259. The second kappa shape index (κ2) is 7.42. The molecule has 1 rings (SSSR count). The summed E-state index contributed by atoms with van der Waals surface area (Å²) in [5, 5.41) is 0. The van der Waals surface area contributed by atoms with Crippen molar-refractivity contribution < 1.29 is 32.2 Å². The topological polar surface area (TPSA) is 99.2 Å². The van der Waals surface area contributed by atoms with Crippen molar-refractivity contribution in [3.63, 3.8) is 0 Å². The molecule has 0 saturated carbocycles. The second-order valence-corrected chi connectivity index (χ2v) is 6.84. The lowest BCUT2D eigenvalue weighted by Gasteiger charge is -2.16. The van der Waals surface area contributed by atoms with Gasteiger partial charge in [0.1, 0.15) is 10.6 Å². The van der Waals surface area contributed by atoms with Gasteiger partial charge < -0.3 is 14.2 Å². The minimum atomic E-state index is -3.82. The normalized spacial score (nSPS) is 12.6. The number of sulfonamides is 1.